The average molecular weight is 408 g/mol. The van der Waals surface area contributed by atoms with Gasteiger partial charge >= 0.3 is 5.97 Å². The first-order valence-electron chi connectivity index (χ1n) is 8.65. The molecule has 0 bridgehead atoms. The van der Waals surface area contributed by atoms with Crippen LogP contribution in [0.15, 0.2) is 18.2 Å². The van der Waals surface area contributed by atoms with E-state index in [2.05, 4.69) is 22.9 Å². The Morgan fingerprint density at radius 3 is 2.65 bits per heavy atom. The quantitative estimate of drug-likeness (QED) is 0.527. The van der Waals surface area contributed by atoms with Crippen LogP contribution in [0.3, 0.4) is 0 Å². The van der Waals surface area contributed by atoms with Crippen LogP contribution in [0.4, 0.5) is 11.4 Å². The monoisotopic (exact) mass is 407 g/mol. The number of anilines is 2. The van der Waals surface area contributed by atoms with E-state index in [9.17, 15) is 4.79 Å². The Labute approximate surface area is 168 Å². The summed E-state index contributed by atoms with van der Waals surface area (Å²) in [6, 6.07) is 6.10. The molecule has 1 heterocycles. The fourth-order valence-electron chi connectivity index (χ4n) is 2.94. The third-order valence-corrected chi connectivity index (χ3v) is 4.12. The summed E-state index contributed by atoms with van der Waals surface area (Å²) in [7, 11) is 2.07. The van der Waals surface area contributed by atoms with Crippen LogP contribution in [0.2, 0.25) is 0 Å². The average Bonchev–Trinajstić information content (AvgIpc) is 2.56. The van der Waals surface area contributed by atoms with Gasteiger partial charge < -0.3 is 25.0 Å². The third kappa shape index (κ3) is 7.99. The first-order chi connectivity index (χ1) is 11.6. The fraction of sp³-hybridized carbons (Fsp3) is 0.611. The van der Waals surface area contributed by atoms with Crippen molar-refractivity contribution in [3.8, 4) is 0 Å². The van der Waals surface area contributed by atoms with Gasteiger partial charge in [0.2, 0.25) is 0 Å². The molecule has 0 amide bonds. The van der Waals surface area contributed by atoms with Gasteiger partial charge in [0.15, 0.2) is 0 Å². The van der Waals surface area contributed by atoms with Crippen molar-refractivity contribution in [2.24, 2.45) is 0 Å². The Hall–Kier alpha value is -1.21. The number of esters is 1. The highest BCUT2D eigenvalue weighted by Gasteiger charge is 2.16. The number of nitrogens with zero attached hydrogens (tertiary/aromatic N) is 2. The van der Waals surface area contributed by atoms with Crippen LogP contribution in [0.25, 0.3) is 0 Å². The second-order valence-electron chi connectivity index (χ2n) is 6.13. The second-order valence-corrected chi connectivity index (χ2v) is 6.13. The smallest absolute Gasteiger partial charge is 0.305 e. The van der Waals surface area contributed by atoms with Crippen molar-refractivity contribution in [3.63, 3.8) is 0 Å². The number of benzene rings is 1. The van der Waals surface area contributed by atoms with Crippen molar-refractivity contribution in [3.05, 3.63) is 23.8 Å². The minimum Gasteiger partial charge on any atom is -0.466 e. The van der Waals surface area contributed by atoms with E-state index in [1.807, 2.05) is 19.1 Å². The lowest BCUT2D eigenvalue weighted by Crippen LogP contribution is -2.37. The SMILES string of the molecule is CCOC(=O)CCCN(C)Cc1cc(N)ccc1N1CCOCC1.Cl.Cl. The minimum atomic E-state index is -0.121. The fourth-order valence-corrected chi connectivity index (χ4v) is 2.94. The van der Waals surface area contributed by atoms with Crippen molar-refractivity contribution in [1.82, 2.24) is 4.90 Å². The van der Waals surface area contributed by atoms with Gasteiger partial charge in [-0.2, -0.15) is 0 Å². The van der Waals surface area contributed by atoms with Crippen LogP contribution in [-0.2, 0) is 20.8 Å². The summed E-state index contributed by atoms with van der Waals surface area (Å²) < 4.78 is 10.4. The highest BCUT2D eigenvalue weighted by atomic mass is 35.5. The molecule has 0 aliphatic carbocycles. The predicted molar refractivity (Wildman–Crippen MR) is 111 cm³/mol. The highest BCUT2D eigenvalue weighted by Crippen LogP contribution is 2.25. The van der Waals surface area contributed by atoms with Crippen molar-refractivity contribution in [1.29, 1.82) is 0 Å². The lowest BCUT2D eigenvalue weighted by atomic mass is 10.1. The molecule has 1 aromatic rings. The molecule has 0 saturated carbocycles. The number of ether oxygens (including phenoxy) is 2. The first-order valence-corrected chi connectivity index (χ1v) is 8.65. The number of rotatable bonds is 8. The van der Waals surface area contributed by atoms with Crippen molar-refractivity contribution >= 4 is 42.2 Å². The van der Waals surface area contributed by atoms with Crippen molar-refractivity contribution < 1.29 is 14.3 Å². The molecular formula is C18H31Cl2N3O3. The summed E-state index contributed by atoms with van der Waals surface area (Å²) in [5.41, 5.74) is 9.21. The van der Waals surface area contributed by atoms with Crippen LogP contribution < -0.4 is 10.6 Å². The molecule has 2 rings (SSSR count). The second kappa shape index (κ2) is 13.0. The van der Waals surface area contributed by atoms with Crippen LogP contribution >= 0.6 is 24.8 Å². The van der Waals surface area contributed by atoms with E-state index in [0.717, 1.165) is 51.5 Å². The third-order valence-electron chi connectivity index (χ3n) is 4.12. The maximum atomic E-state index is 11.4. The van der Waals surface area contributed by atoms with Crippen molar-refractivity contribution in [2.45, 2.75) is 26.3 Å². The summed E-state index contributed by atoms with van der Waals surface area (Å²) in [6.45, 7) is 7.26. The van der Waals surface area contributed by atoms with Gasteiger partial charge in [0, 0.05) is 37.4 Å². The van der Waals surface area contributed by atoms with Gasteiger partial charge in [0.25, 0.3) is 0 Å². The standard InChI is InChI=1S/C18H29N3O3.2ClH/c1-3-24-18(22)5-4-8-20(2)14-15-13-16(19)6-7-17(15)21-9-11-23-12-10-21;;/h6-7,13H,3-5,8-12,14,19H2,1-2H3;2*1H. The number of nitrogen functional groups attached to an aromatic ring is 1. The van der Waals surface area contributed by atoms with E-state index in [4.69, 9.17) is 15.2 Å². The molecule has 0 spiro atoms. The molecule has 1 aromatic carbocycles. The number of hydrogen-bond donors (Lipinski definition) is 1. The van der Waals surface area contributed by atoms with E-state index in [1.54, 1.807) is 0 Å². The van der Waals surface area contributed by atoms with Crippen LogP contribution in [-0.4, -0.2) is 57.4 Å². The number of carbonyl (C=O) groups is 1. The topological polar surface area (TPSA) is 68.0 Å². The maximum absolute atomic E-state index is 11.4. The molecule has 0 aromatic heterocycles. The molecule has 1 saturated heterocycles. The molecule has 8 heteroatoms. The Balaban J connectivity index is 0.00000312. The molecule has 150 valence electrons. The number of nitrogens with two attached hydrogens (primary N) is 1. The Morgan fingerprint density at radius 2 is 2.00 bits per heavy atom. The molecular weight excluding hydrogens is 377 g/mol. The molecule has 0 unspecified atom stereocenters. The summed E-state index contributed by atoms with van der Waals surface area (Å²) in [5, 5.41) is 0. The molecule has 1 fully saturated rings. The molecule has 6 nitrogen and oxygen atoms in total. The van der Waals surface area contributed by atoms with E-state index < -0.39 is 0 Å². The molecule has 2 N–H and O–H groups in total. The Bertz CT molecular complexity index is 540. The largest absolute Gasteiger partial charge is 0.466 e. The van der Waals surface area contributed by atoms with Gasteiger partial charge in [-0.05, 0) is 50.7 Å². The lowest BCUT2D eigenvalue weighted by molar-refractivity contribution is -0.143. The number of hydrogen-bond acceptors (Lipinski definition) is 6. The number of carbonyl (C=O) groups excluding carboxylic acids is 1. The maximum Gasteiger partial charge on any atom is 0.305 e. The minimum absolute atomic E-state index is 0. The summed E-state index contributed by atoms with van der Waals surface area (Å²) in [6.07, 6.45) is 1.26. The summed E-state index contributed by atoms with van der Waals surface area (Å²) in [5.74, 6) is -0.121. The van der Waals surface area contributed by atoms with Crippen LogP contribution in [0.1, 0.15) is 25.3 Å². The summed E-state index contributed by atoms with van der Waals surface area (Å²) >= 11 is 0. The van der Waals surface area contributed by atoms with E-state index >= 15 is 0 Å². The zero-order chi connectivity index (χ0) is 17.4. The Kier molecular flexibility index (Phi) is 12.4. The van der Waals surface area contributed by atoms with Crippen molar-refractivity contribution in [2.75, 3.05) is 57.1 Å². The zero-order valence-corrected chi connectivity index (χ0v) is 17.2. The molecule has 1 aliphatic heterocycles. The number of halogens is 2. The van der Waals surface area contributed by atoms with Gasteiger partial charge in [-0.3, -0.25) is 4.79 Å². The zero-order valence-electron chi connectivity index (χ0n) is 15.6. The normalized spacial score (nSPS) is 13.7. The van der Waals surface area contributed by atoms with Gasteiger partial charge in [0.05, 0.1) is 19.8 Å². The number of morpholine rings is 1. The summed E-state index contributed by atoms with van der Waals surface area (Å²) in [4.78, 5) is 16.0. The highest BCUT2D eigenvalue weighted by molar-refractivity contribution is 5.85. The predicted octanol–water partition coefficient (Wildman–Crippen LogP) is 2.72. The van der Waals surface area contributed by atoms with Gasteiger partial charge in [0.1, 0.15) is 0 Å². The van der Waals surface area contributed by atoms with Crippen LogP contribution in [0, 0.1) is 0 Å². The van der Waals surface area contributed by atoms with E-state index in [-0.39, 0.29) is 30.8 Å². The Morgan fingerprint density at radius 1 is 1.31 bits per heavy atom. The van der Waals surface area contributed by atoms with Gasteiger partial charge in [-0.15, -0.1) is 24.8 Å². The first kappa shape index (κ1) is 24.8. The lowest BCUT2D eigenvalue weighted by Gasteiger charge is -2.31. The van der Waals surface area contributed by atoms with Gasteiger partial charge in [-0.1, -0.05) is 0 Å². The molecule has 26 heavy (non-hydrogen) atoms. The molecule has 0 radical (unpaired) electrons. The van der Waals surface area contributed by atoms with E-state index in [1.165, 1.54) is 11.3 Å². The molecule has 1 aliphatic rings. The van der Waals surface area contributed by atoms with Gasteiger partial charge in [-0.25, -0.2) is 0 Å². The van der Waals surface area contributed by atoms with E-state index in [0.29, 0.717) is 13.0 Å². The van der Waals surface area contributed by atoms with Crippen LogP contribution in [0.5, 0.6) is 0 Å². The molecule has 0 atom stereocenters.